The smallest absolute Gasteiger partial charge is 0.410 e. The highest BCUT2D eigenvalue weighted by Crippen LogP contribution is 2.29. The fraction of sp³-hybridized carbons (Fsp3) is 0.375. The number of aromatic nitrogens is 6. The van der Waals surface area contributed by atoms with E-state index in [1.54, 1.807) is 15.8 Å². The number of hydrogen-bond donors (Lipinski definition) is 0. The van der Waals surface area contributed by atoms with Gasteiger partial charge in [0.25, 0.3) is 0 Å². The number of likely N-dealkylation sites (tertiary alicyclic amines) is 1. The van der Waals surface area contributed by atoms with Crippen molar-refractivity contribution in [1.29, 1.82) is 0 Å². The minimum atomic E-state index is -0.532. The molecule has 34 heavy (non-hydrogen) atoms. The average molecular weight is 462 g/mol. The maximum absolute atomic E-state index is 12.4. The van der Waals surface area contributed by atoms with Crippen LogP contribution < -0.4 is 4.74 Å². The number of hydrogen-bond acceptors (Lipinski definition) is 7. The number of aryl methyl sites for hydroxylation is 1. The summed E-state index contributed by atoms with van der Waals surface area (Å²) in [6, 6.07) is 9.88. The Balaban J connectivity index is 1.36. The molecule has 0 N–H and O–H groups in total. The van der Waals surface area contributed by atoms with E-state index in [-0.39, 0.29) is 12.2 Å². The quantitative estimate of drug-likeness (QED) is 0.458. The highest BCUT2D eigenvalue weighted by molar-refractivity contribution is 5.81. The lowest BCUT2D eigenvalue weighted by atomic mass is 10.2. The molecule has 0 aliphatic carbocycles. The van der Waals surface area contributed by atoms with E-state index in [9.17, 15) is 4.79 Å². The minimum absolute atomic E-state index is 0.190. The summed E-state index contributed by atoms with van der Waals surface area (Å²) in [5.41, 5.74) is 2.65. The van der Waals surface area contributed by atoms with Crippen molar-refractivity contribution in [2.75, 3.05) is 13.1 Å². The van der Waals surface area contributed by atoms with Crippen LogP contribution in [0.4, 0.5) is 4.79 Å². The molecule has 0 radical (unpaired) electrons. The number of rotatable bonds is 4. The SMILES string of the molecule is Cn1c(-c2ccc(-n3cccn3)cc2)nc2c(O[C@H]3CCN(C(=O)OC(C)(C)C)C3)ncnc21. The van der Waals surface area contributed by atoms with Crippen molar-refractivity contribution in [3.8, 4) is 23.0 Å². The molecule has 0 bridgehead atoms. The second-order valence-electron chi connectivity index (χ2n) is 9.30. The van der Waals surface area contributed by atoms with Gasteiger partial charge in [0, 0.05) is 38.0 Å². The number of carbonyl (C=O) groups is 1. The maximum Gasteiger partial charge on any atom is 0.410 e. The topological polar surface area (TPSA) is 100 Å². The van der Waals surface area contributed by atoms with Crippen molar-refractivity contribution in [3.05, 3.63) is 49.1 Å². The summed E-state index contributed by atoms with van der Waals surface area (Å²) < 4.78 is 15.4. The van der Waals surface area contributed by atoms with Crippen LogP contribution in [0.1, 0.15) is 27.2 Å². The maximum atomic E-state index is 12.4. The van der Waals surface area contributed by atoms with E-state index in [0.717, 1.165) is 17.1 Å². The van der Waals surface area contributed by atoms with E-state index in [2.05, 4.69) is 15.1 Å². The highest BCUT2D eigenvalue weighted by atomic mass is 16.6. The third kappa shape index (κ3) is 4.30. The van der Waals surface area contributed by atoms with Crippen molar-refractivity contribution in [2.45, 2.75) is 38.9 Å². The molecule has 0 spiro atoms. The van der Waals surface area contributed by atoms with Gasteiger partial charge in [-0.3, -0.25) is 0 Å². The molecule has 1 amide bonds. The van der Waals surface area contributed by atoms with Crippen molar-refractivity contribution in [1.82, 2.24) is 34.2 Å². The standard InChI is InChI=1S/C24H27N7O3/c1-24(2,3)34-23(32)30-13-10-18(14-30)33-22-19-21(25-15-26-22)29(4)20(28-19)16-6-8-17(9-7-16)31-12-5-11-27-31/h5-9,11-12,15,18H,10,13-14H2,1-4H3/t18-/m0/s1. The molecule has 4 aromatic rings. The van der Waals surface area contributed by atoms with E-state index in [1.165, 1.54) is 6.33 Å². The Morgan fingerprint density at radius 2 is 1.94 bits per heavy atom. The summed E-state index contributed by atoms with van der Waals surface area (Å²) in [5.74, 6) is 1.17. The Morgan fingerprint density at radius 3 is 2.65 bits per heavy atom. The zero-order valence-electron chi connectivity index (χ0n) is 19.7. The van der Waals surface area contributed by atoms with Gasteiger partial charge in [-0.2, -0.15) is 10.1 Å². The fourth-order valence-electron chi connectivity index (χ4n) is 3.98. The molecular weight excluding hydrogens is 434 g/mol. The van der Waals surface area contributed by atoms with Crippen molar-refractivity contribution >= 4 is 17.3 Å². The summed E-state index contributed by atoms with van der Waals surface area (Å²) in [7, 11) is 1.92. The molecule has 10 heteroatoms. The van der Waals surface area contributed by atoms with Gasteiger partial charge in [-0.1, -0.05) is 0 Å². The second-order valence-corrected chi connectivity index (χ2v) is 9.30. The molecule has 1 aromatic carbocycles. The Labute approximate surface area is 197 Å². The van der Waals surface area contributed by atoms with E-state index >= 15 is 0 Å². The number of carbonyl (C=O) groups excluding carboxylic acids is 1. The van der Waals surface area contributed by atoms with E-state index < -0.39 is 5.60 Å². The van der Waals surface area contributed by atoms with Gasteiger partial charge in [-0.05, 0) is 51.1 Å². The molecule has 1 aliphatic heterocycles. The van der Waals surface area contributed by atoms with Gasteiger partial charge >= 0.3 is 6.09 Å². The molecule has 10 nitrogen and oxygen atoms in total. The van der Waals surface area contributed by atoms with Crippen LogP contribution >= 0.6 is 0 Å². The van der Waals surface area contributed by atoms with Crippen LogP contribution in [-0.2, 0) is 11.8 Å². The Bertz CT molecular complexity index is 1310. The summed E-state index contributed by atoms with van der Waals surface area (Å²) in [6.07, 6.45) is 5.30. The molecule has 1 atom stereocenters. The van der Waals surface area contributed by atoms with Gasteiger partial charge in [0.15, 0.2) is 11.2 Å². The van der Waals surface area contributed by atoms with Gasteiger partial charge in [0.2, 0.25) is 5.88 Å². The van der Waals surface area contributed by atoms with Crippen LogP contribution in [0.25, 0.3) is 28.2 Å². The molecule has 5 rings (SSSR count). The molecule has 1 aliphatic rings. The summed E-state index contributed by atoms with van der Waals surface area (Å²) in [6.45, 7) is 6.58. The van der Waals surface area contributed by atoms with Crippen LogP contribution in [-0.4, -0.2) is 65.1 Å². The Kier molecular flexibility index (Phi) is 5.43. The van der Waals surface area contributed by atoms with Gasteiger partial charge in [-0.15, -0.1) is 0 Å². The lowest BCUT2D eigenvalue weighted by molar-refractivity contribution is 0.0275. The number of nitrogens with zero attached hydrogens (tertiary/aromatic N) is 7. The molecule has 3 aromatic heterocycles. The van der Waals surface area contributed by atoms with E-state index in [0.29, 0.717) is 36.6 Å². The molecule has 4 heterocycles. The van der Waals surface area contributed by atoms with Crippen LogP contribution in [0.5, 0.6) is 5.88 Å². The zero-order chi connectivity index (χ0) is 23.9. The number of benzene rings is 1. The molecule has 0 unspecified atom stereocenters. The van der Waals surface area contributed by atoms with Crippen molar-refractivity contribution in [2.24, 2.45) is 7.05 Å². The Hall–Kier alpha value is -3.95. The first-order valence-corrected chi connectivity index (χ1v) is 11.2. The highest BCUT2D eigenvalue weighted by Gasteiger charge is 2.31. The summed E-state index contributed by atoms with van der Waals surface area (Å²) in [4.78, 5) is 27.6. The van der Waals surface area contributed by atoms with Gasteiger partial charge < -0.3 is 18.9 Å². The lowest BCUT2D eigenvalue weighted by Gasteiger charge is -2.24. The van der Waals surface area contributed by atoms with Crippen molar-refractivity contribution in [3.63, 3.8) is 0 Å². The molecule has 0 saturated carbocycles. The molecule has 176 valence electrons. The van der Waals surface area contributed by atoms with Gasteiger partial charge in [-0.25, -0.2) is 19.4 Å². The van der Waals surface area contributed by atoms with Crippen LogP contribution in [0.3, 0.4) is 0 Å². The first kappa shape index (κ1) is 21.9. The predicted molar refractivity (Wildman–Crippen MR) is 126 cm³/mol. The molecular formula is C24H27N7O3. The fourth-order valence-corrected chi connectivity index (χ4v) is 3.98. The first-order valence-electron chi connectivity index (χ1n) is 11.2. The summed E-state index contributed by atoms with van der Waals surface area (Å²) >= 11 is 0. The zero-order valence-corrected chi connectivity index (χ0v) is 19.7. The van der Waals surface area contributed by atoms with Crippen LogP contribution in [0.2, 0.25) is 0 Å². The van der Waals surface area contributed by atoms with Crippen LogP contribution in [0.15, 0.2) is 49.1 Å². The number of amides is 1. The third-order valence-electron chi connectivity index (χ3n) is 5.59. The van der Waals surface area contributed by atoms with E-state index in [4.69, 9.17) is 14.5 Å². The molecule has 1 fully saturated rings. The predicted octanol–water partition coefficient (Wildman–Crippen LogP) is 3.60. The number of ether oxygens (including phenoxy) is 2. The van der Waals surface area contributed by atoms with E-state index in [1.807, 2.05) is 68.9 Å². The minimum Gasteiger partial charge on any atom is -0.471 e. The average Bonchev–Trinajstić information content (AvgIpc) is 3.54. The first-order chi connectivity index (χ1) is 16.3. The third-order valence-corrected chi connectivity index (χ3v) is 5.59. The van der Waals surface area contributed by atoms with Gasteiger partial charge in [0.1, 0.15) is 23.9 Å². The number of imidazole rings is 1. The largest absolute Gasteiger partial charge is 0.471 e. The van der Waals surface area contributed by atoms with Crippen LogP contribution in [0, 0.1) is 0 Å². The second kappa shape index (κ2) is 8.44. The molecule has 1 saturated heterocycles. The number of fused-ring (bicyclic) bond motifs is 1. The van der Waals surface area contributed by atoms with Gasteiger partial charge in [0.05, 0.1) is 12.2 Å². The van der Waals surface area contributed by atoms with Crippen molar-refractivity contribution < 1.29 is 14.3 Å². The lowest BCUT2D eigenvalue weighted by Crippen LogP contribution is -2.36. The monoisotopic (exact) mass is 461 g/mol. The Morgan fingerprint density at radius 1 is 1.15 bits per heavy atom. The normalized spacial score (nSPS) is 16.2. The summed E-state index contributed by atoms with van der Waals surface area (Å²) in [5, 5.41) is 4.26.